The molecule has 1 aliphatic heterocycles. The van der Waals surface area contributed by atoms with Crippen molar-refractivity contribution in [1.29, 1.82) is 0 Å². The normalized spacial score (nSPS) is 17.6. The molecule has 1 unspecified atom stereocenters. The minimum Gasteiger partial charge on any atom is -0.369 e. The molecule has 2 N–H and O–H groups in total. The van der Waals surface area contributed by atoms with Gasteiger partial charge in [-0.3, -0.25) is 9.98 Å². The van der Waals surface area contributed by atoms with Crippen molar-refractivity contribution in [3.63, 3.8) is 0 Å². The van der Waals surface area contributed by atoms with Gasteiger partial charge in [0.1, 0.15) is 0 Å². The van der Waals surface area contributed by atoms with Crippen LogP contribution in [0.5, 0.6) is 0 Å². The Hall–Kier alpha value is -2.56. The van der Waals surface area contributed by atoms with Crippen LogP contribution in [-0.2, 0) is 6.54 Å². The van der Waals surface area contributed by atoms with Gasteiger partial charge in [-0.1, -0.05) is 23.8 Å². The molecule has 0 spiro atoms. The van der Waals surface area contributed by atoms with Gasteiger partial charge in [0.05, 0.1) is 12.2 Å². The number of nitrogens with one attached hydrogen (secondary N) is 2. The van der Waals surface area contributed by atoms with Gasteiger partial charge in [0, 0.05) is 37.6 Å². The Morgan fingerprint density at radius 3 is 2.72 bits per heavy atom. The van der Waals surface area contributed by atoms with Crippen LogP contribution in [-0.4, -0.2) is 37.1 Å². The largest absolute Gasteiger partial charge is 0.369 e. The average molecular weight is 337 g/mol. The van der Waals surface area contributed by atoms with Gasteiger partial charge in [-0.25, -0.2) is 0 Å². The lowest BCUT2D eigenvalue weighted by Crippen LogP contribution is -2.44. The van der Waals surface area contributed by atoms with Crippen LogP contribution in [0.1, 0.15) is 23.4 Å². The first-order valence-corrected chi connectivity index (χ1v) is 8.85. The zero-order chi connectivity index (χ0) is 17.6. The van der Waals surface area contributed by atoms with E-state index >= 15 is 0 Å². The minimum atomic E-state index is 0.401. The van der Waals surface area contributed by atoms with Crippen molar-refractivity contribution in [2.75, 3.05) is 25.0 Å². The van der Waals surface area contributed by atoms with E-state index in [-0.39, 0.29) is 0 Å². The van der Waals surface area contributed by atoms with E-state index in [2.05, 4.69) is 56.7 Å². The maximum Gasteiger partial charge on any atom is 0.191 e. The highest BCUT2D eigenvalue weighted by Crippen LogP contribution is 2.20. The molecule has 1 aliphatic rings. The zero-order valence-corrected chi connectivity index (χ0v) is 15.3. The van der Waals surface area contributed by atoms with Crippen LogP contribution in [0.3, 0.4) is 0 Å². The molecular formula is C20H27N5. The van der Waals surface area contributed by atoms with Crippen LogP contribution in [0.15, 0.2) is 47.5 Å². The fraction of sp³-hybridized carbons (Fsp3) is 0.400. The van der Waals surface area contributed by atoms with Gasteiger partial charge in [0.2, 0.25) is 0 Å². The van der Waals surface area contributed by atoms with Gasteiger partial charge in [-0.15, -0.1) is 0 Å². The number of aryl methyl sites for hydroxylation is 2. The van der Waals surface area contributed by atoms with Crippen LogP contribution < -0.4 is 15.5 Å². The van der Waals surface area contributed by atoms with E-state index in [9.17, 15) is 0 Å². The monoisotopic (exact) mass is 337 g/mol. The molecule has 1 aromatic carbocycles. The SMILES string of the molecule is CN=C(NCc1cccc(C)n1)NC1CCN(c2ccc(C)cc2)C1. The van der Waals surface area contributed by atoms with E-state index < -0.39 is 0 Å². The molecule has 1 atom stereocenters. The molecule has 2 aromatic rings. The molecule has 1 saturated heterocycles. The maximum atomic E-state index is 4.52. The van der Waals surface area contributed by atoms with Crippen LogP contribution in [0.4, 0.5) is 5.69 Å². The van der Waals surface area contributed by atoms with Crippen LogP contribution >= 0.6 is 0 Å². The Morgan fingerprint density at radius 1 is 1.20 bits per heavy atom. The molecule has 25 heavy (non-hydrogen) atoms. The Bertz CT molecular complexity index is 723. The molecule has 1 aromatic heterocycles. The average Bonchev–Trinajstić information content (AvgIpc) is 3.08. The molecule has 5 heteroatoms. The number of pyridine rings is 1. The van der Waals surface area contributed by atoms with Gasteiger partial charge < -0.3 is 15.5 Å². The molecule has 2 heterocycles. The first-order valence-electron chi connectivity index (χ1n) is 8.85. The fourth-order valence-corrected chi connectivity index (χ4v) is 3.13. The van der Waals surface area contributed by atoms with Crippen LogP contribution in [0, 0.1) is 13.8 Å². The number of aliphatic imine (C=N–C) groups is 1. The summed E-state index contributed by atoms with van der Waals surface area (Å²) in [6.45, 7) is 6.87. The van der Waals surface area contributed by atoms with Crippen molar-refractivity contribution in [1.82, 2.24) is 15.6 Å². The summed E-state index contributed by atoms with van der Waals surface area (Å²) in [4.78, 5) is 11.3. The van der Waals surface area contributed by atoms with Crippen molar-refractivity contribution in [2.45, 2.75) is 32.9 Å². The lowest BCUT2D eigenvalue weighted by atomic mass is 10.2. The molecule has 3 rings (SSSR count). The van der Waals surface area contributed by atoms with Gasteiger partial charge in [-0.05, 0) is 44.5 Å². The first kappa shape index (κ1) is 17.3. The molecule has 0 aliphatic carbocycles. The predicted molar refractivity (Wildman–Crippen MR) is 104 cm³/mol. The Labute approximate surface area is 150 Å². The molecule has 132 valence electrons. The molecule has 0 saturated carbocycles. The molecule has 0 radical (unpaired) electrons. The number of rotatable bonds is 4. The van der Waals surface area contributed by atoms with Crippen LogP contribution in [0.2, 0.25) is 0 Å². The number of guanidine groups is 1. The van der Waals surface area contributed by atoms with Gasteiger partial charge in [0.25, 0.3) is 0 Å². The Kier molecular flexibility index (Phi) is 5.53. The topological polar surface area (TPSA) is 52.6 Å². The zero-order valence-electron chi connectivity index (χ0n) is 15.3. The van der Waals surface area contributed by atoms with E-state index in [0.29, 0.717) is 12.6 Å². The summed E-state index contributed by atoms with van der Waals surface area (Å²) in [5, 5.41) is 6.89. The highest BCUT2D eigenvalue weighted by atomic mass is 15.2. The second-order valence-electron chi connectivity index (χ2n) is 6.61. The summed E-state index contributed by atoms with van der Waals surface area (Å²) in [5.41, 5.74) is 4.65. The number of hydrogen-bond donors (Lipinski definition) is 2. The van der Waals surface area contributed by atoms with Gasteiger partial charge >= 0.3 is 0 Å². The number of aromatic nitrogens is 1. The molecule has 5 nitrogen and oxygen atoms in total. The fourth-order valence-electron chi connectivity index (χ4n) is 3.13. The quantitative estimate of drug-likeness (QED) is 0.665. The molecule has 1 fully saturated rings. The van der Waals surface area contributed by atoms with Crippen molar-refractivity contribution in [2.24, 2.45) is 4.99 Å². The van der Waals surface area contributed by atoms with Crippen molar-refractivity contribution in [3.05, 3.63) is 59.4 Å². The summed E-state index contributed by atoms with van der Waals surface area (Å²) >= 11 is 0. The summed E-state index contributed by atoms with van der Waals surface area (Å²) in [5.74, 6) is 0.832. The second-order valence-corrected chi connectivity index (χ2v) is 6.61. The highest BCUT2D eigenvalue weighted by Gasteiger charge is 2.23. The smallest absolute Gasteiger partial charge is 0.191 e. The Morgan fingerprint density at radius 2 is 2.00 bits per heavy atom. The van der Waals surface area contributed by atoms with E-state index in [1.807, 2.05) is 32.2 Å². The van der Waals surface area contributed by atoms with Gasteiger partial charge in [-0.2, -0.15) is 0 Å². The van der Waals surface area contributed by atoms with Crippen molar-refractivity contribution >= 4 is 11.6 Å². The molecule has 0 amide bonds. The lowest BCUT2D eigenvalue weighted by Gasteiger charge is -2.20. The number of anilines is 1. The van der Waals surface area contributed by atoms with E-state index in [0.717, 1.165) is 36.9 Å². The van der Waals surface area contributed by atoms with E-state index in [1.165, 1.54) is 11.3 Å². The predicted octanol–water partition coefficient (Wildman–Crippen LogP) is 2.64. The summed E-state index contributed by atoms with van der Waals surface area (Å²) < 4.78 is 0. The first-order chi connectivity index (χ1) is 12.1. The summed E-state index contributed by atoms with van der Waals surface area (Å²) in [7, 11) is 1.81. The Balaban J connectivity index is 1.51. The summed E-state index contributed by atoms with van der Waals surface area (Å²) in [6, 6.07) is 15.2. The van der Waals surface area contributed by atoms with Crippen molar-refractivity contribution in [3.8, 4) is 0 Å². The standard InChI is InChI=1S/C20H27N5/c1-15-7-9-19(10-8-15)25-12-11-18(14-25)24-20(21-3)22-13-17-6-4-5-16(2)23-17/h4-10,18H,11-14H2,1-3H3,(H2,21,22,24). The molecular weight excluding hydrogens is 310 g/mol. The highest BCUT2D eigenvalue weighted by molar-refractivity contribution is 5.80. The minimum absolute atomic E-state index is 0.401. The van der Waals surface area contributed by atoms with E-state index in [1.54, 1.807) is 0 Å². The second kappa shape index (κ2) is 8.01. The third kappa shape index (κ3) is 4.72. The van der Waals surface area contributed by atoms with Crippen molar-refractivity contribution < 1.29 is 0 Å². The number of nitrogens with zero attached hydrogens (tertiary/aromatic N) is 3. The summed E-state index contributed by atoms with van der Waals surface area (Å²) in [6.07, 6.45) is 1.11. The maximum absolute atomic E-state index is 4.52. The molecule has 0 bridgehead atoms. The van der Waals surface area contributed by atoms with Gasteiger partial charge in [0.15, 0.2) is 5.96 Å². The lowest BCUT2D eigenvalue weighted by molar-refractivity contribution is 0.647. The third-order valence-corrected chi connectivity index (χ3v) is 4.53. The van der Waals surface area contributed by atoms with Crippen LogP contribution in [0.25, 0.3) is 0 Å². The third-order valence-electron chi connectivity index (χ3n) is 4.53. The number of benzene rings is 1. The van der Waals surface area contributed by atoms with E-state index in [4.69, 9.17) is 0 Å². The number of hydrogen-bond acceptors (Lipinski definition) is 3.